The lowest BCUT2D eigenvalue weighted by Gasteiger charge is -2.26. The van der Waals surface area contributed by atoms with Crippen molar-refractivity contribution in [2.24, 2.45) is 5.92 Å². The van der Waals surface area contributed by atoms with Crippen LogP contribution < -0.4 is 10.1 Å². The van der Waals surface area contributed by atoms with Gasteiger partial charge in [-0.15, -0.1) is 0 Å². The highest BCUT2D eigenvalue weighted by Gasteiger charge is 2.26. The van der Waals surface area contributed by atoms with Gasteiger partial charge in [-0.05, 0) is 37.8 Å². The minimum Gasteiger partial charge on any atom is -0.484 e. The van der Waals surface area contributed by atoms with Gasteiger partial charge in [0, 0.05) is 12.1 Å². The molecular weight excluding hydrogens is 329 g/mol. The van der Waals surface area contributed by atoms with E-state index in [0.29, 0.717) is 41.5 Å². The van der Waals surface area contributed by atoms with Gasteiger partial charge >= 0.3 is 5.97 Å². The van der Waals surface area contributed by atoms with Gasteiger partial charge in [-0.1, -0.05) is 23.2 Å². The molecule has 120 valence electrons. The Morgan fingerprint density at radius 1 is 1.18 bits per heavy atom. The minimum absolute atomic E-state index is 0.0144. The van der Waals surface area contributed by atoms with E-state index in [1.54, 1.807) is 18.2 Å². The number of aliphatic carboxylic acids is 1. The highest BCUT2D eigenvalue weighted by atomic mass is 35.5. The van der Waals surface area contributed by atoms with Crippen LogP contribution in [-0.4, -0.2) is 29.6 Å². The Labute approximate surface area is 138 Å². The lowest BCUT2D eigenvalue weighted by atomic mass is 9.86. The molecule has 22 heavy (non-hydrogen) atoms. The first-order chi connectivity index (χ1) is 10.5. The largest absolute Gasteiger partial charge is 0.484 e. The predicted octanol–water partition coefficient (Wildman–Crippen LogP) is 3.13. The first kappa shape index (κ1) is 16.9. The Morgan fingerprint density at radius 3 is 2.45 bits per heavy atom. The summed E-state index contributed by atoms with van der Waals surface area (Å²) < 4.78 is 5.36. The lowest BCUT2D eigenvalue weighted by molar-refractivity contribution is -0.142. The number of carboxylic acid groups (broad SMARTS) is 1. The molecule has 0 saturated heterocycles. The molecule has 7 heteroatoms. The Morgan fingerprint density at radius 2 is 1.86 bits per heavy atom. The summed E-state index contributed by atoms with van der Waals surface area (Å²) in [5.41, 5.74) is 0. The number of hydrogen-bond acceptors (Lipinski definition) is 3. The van der Waals surface area contributed by atoms with Gasteiger partial charge in [-0.2, -0.15) is 0 Å². The van der Waals surface area contributed by atoms with Gasteiger partial charge in [0.2, 0.25) is 0 Å². The van der Waals surface area contributed by atoms with Gasteiger partial charge < -0.3 is 15.2 Å². The van der Waals surface area contributed by atoms with E-state index in [1.165, 1.54) is 0 Å². The number of nitrogens with one attached hydrogen (secondary N) is 1. The monoisotopic (exact) mass is 345 g/mol. The third kappa shape index (κ3) is 4.78. The number of carbonyl (C=O) groups is 2. The quantitative estimate of drug-likeness (QED) is 0.859. The third-order valence-corrected chi connectivity index (χ3v) is 4.44. The Kier molecular flexibility index (Phi) is 5.91. The Hall–Kier alpha value is -1.46. The van der Waals surface area contributed by atoms with E-state index in [0.717, 1.165) is 0 Å². The second kappa shape index (κ2) is 7.70. The van der Waals surface area contributed by atoms with Crippen LogP contribution in [-0.2, 0) is 9.59 Å². The molecule has 1 saturated carbocycles. The Bertz CT molecular complexity index is 556. The molecule has 1 amide bonds. The standard InChI is InChI=1S/C15H17Cl2NO4/c16-12-6-5-11(7-13(12)17)22-8-14(19)18-10-3-1-9(2-4-10)15(20)21/h5-7,9-10H,1-4,8H2,(H,18,19)(H,20,21)/t9-,10-. The number of rotatable bonds is 5. The molecule has 0 spiro atoms. The number of carboxylic acids is 1. The van der Waals surface area contributed by atoms with Crippen LogP contribution >= 0.6 is 23.2 Å². The second-order valence-electron chi connectivity index (χ2n) is 5.32. The topological polar surface area (TPSA) is 75.6 Å². The van der Waals surface area contributed by atoms with Crippen LogP contribution in [0.15, 0.2) is 18.2 Å². The molecule has 5 nitrogen and oxygen atoms in total. The van der Waals surface area contributed by atoms with Crippen molar-refractivity contribution in [3.05, 3.63) is 28.2 Å². The van der Waals surface area contributed by atoms with Gasteiger partial charge in [0.1, 0.15) is 5.75 Å². The molecule has 1 aliphatic carbocycles. The molecule has 0 atom stereocenters. The molecule has 0 aromatic heterocycles. The molecule has 0 radical (unpaired) electrons. The van der Waals surface area contributed by atoms with Gasteiger partial charge in [0.05, 0.1) is 16.0 Å². The maximum Gasteiger partial charge on any atom is 0.306 e. The van der Waals surface area contributed by atoms with Crippen molar-refractivity contribution < 1.29 is 19.4 Å². The van der Waals surface area contributed by atoms with Gasteiger partial charge in [0.25, 0.3) is 5.91 Å². The van der Waals surface area contributed by atoms with Crippen molar-refractivity contribution in [3.8, 4) is 5.75 Å². The maximum atomic E-state index is 11.8. The summed E-state index contributed by atoms with van der Waals surface area (Å²) in [5, 5.41) is 12.6. The predicted molar refractivity (Wildman–Crippen MR) is 83.5 cm³/mol. The molecule has 1 fully saturated rings. The van der Waals surface area contributed by atoms with Gasteiger partial charge in [0.15, 0.2) is 6.61 Å². The molecule has 1 aromatic carbocycles. The van der Waals surface area contributed by atoms with Crippen molar-refractivity contribution in [2.75, 3.05) is 6.61 Å². The summed E-state index contributed by atoms with van der Waals surface area (Å²) >= 11 is 11.7. The molecule has 0 aliphatic heterocycles. The fraction of sp³-hybridized carbons (Fsp3) is 0.467. The van der Waals surface area contributed by atoms with Crippen molar-refractivity contribution in [2.45, 2.75) is 31.7 Å². The zero-order valence-electron chi connectivity index (χ0n) is 11.9. The van der Waals surface area contributed by atoms with E-state index < -0.39 is 5.97 Å². The van der Waals surface area contributed by atoms with E-state index in [2.05, 4.69) is 5.32 Å². The SMILES string of the molecule is O=C(COc1ccc(Cl)c(Cl)c1)N[C@H]1CC[C@H](C(=O)O)CC1. The van der Waals surface area contributed by atoms with E-state index in [4.69, 9.17) is 33.0 Å². The number of ether oxygens (including phenoxy) is 1. The summed E-state index contributed by atoms with van der Waals surface area (Å²) in [5.74, 6) is -0.808. The lowest BCUT2D eigenvalue weighted by Crippen LogP contribution is -2.40. The first-order valence-corrected chi connectivity index (χ1v) is 7.81. The number of benzene rings is 1. The van der Waals surface area contributed by atoms with Gasteiger partial charge in [-0.25, -0.2) is 0 Å². The second-order valence-corrected chi connectivity index (χ2v) is 6.13. The highest BCUT2D eigenvalue weighted by Crippen LogP contribution is 2.26. The molecule has 1 aromatic rings. The third-order valence-electron chi connectivity index (χ3n) is 3.70. The van der Waals surface area contributed by atoms with E-state index >= 15 is 0 Å². The average Bonchev–Trinajstić information content (AvgIpc) is 2.49. The van der Waals surface area contributed by atoms with E-state index in [9.17, 15) is 9.59 Å². The summed E-state index contributed by atoms with van der Waals surface area (Å²) in [6.45, 7) is -0.114. The van der Waals surface area contributed by atoms with Crippen LogP contribution in [0.5, 0.6) is 5.75 Å². The van der Waals surface area contributed by atoms with Crippen molar-refractivity contribution in [1.29, 1.82) is 0 Å². The fourth-order valence-corrected chi connectivity index (χ4v) is 2.76. The van der Waals surface area contributed by atoms with Crippen molar-refractivity contribution >= 4 is 35.1 Å². The van der Waals surface area contributed by atoms with Crippen molar-refractivity contribution in [1.82, 2.24) is 5.32 Å². The van der Waals surface area contributed by atoms with E-state index in [1.807, 2.05) is 0 Å². The fourth-order valence-electron chi connectivity index (χ4n) is 2.47. The molecule has 2 rings (SSSR count). The molecular formula is C15H17Cl2NO4. The summed E-state index contributed by atoms with van der Waals surface area (Å²) in [7, 11) is 0. The number of carbonyl (C=O) groups excluding carboxylic acids is 1. The first-order valence-electron chi connectivity index (χ1n) is 7.05. The zero-order chi connectivity index (χ0) is 16.1. The molecule has 1 aliphatic rings. The molecule has 0 bridgehead atoms. The summed E-state index contributed by atoms with van der Waals surface area (Å²) in [4.78, 5) is 22.7. The number of hydrogen-bond donors (Lipinski definition) is 2. The minimum atomic E-state index is -0.757. The van der Waals surface area contributed by atoms with Crippen LogP contribution in [0.1, 0.15) is 25.7 Å². The van der Waals surface area contributed by atoms with Crippen LogP contribution in [0.4, 0.5) is 0 Å². The van der Waals surface area contributed by atoms with Crippen LogP contribution in [0.25, 0.3) is 0 Å². The van der Waals surface area contributed by atoms with E-state index in [-0.39, 0.29) is 24.5 Å². The van der Waals surface area contributed by atoms with Crippen LogP contribution in [0.2, 0.25) is 10.0 Å². The molecule has 0 heterocycles. The molecule has 2 N–H and O–H groups in total. The summed E-state index contributed by atoms with van der Waals surface area (Å²) in [6, 6.07) is 4.81. The summed E-state index contributed by atoms with van der Waals surface area (Å²) in [6.07, 6.45) is 2.53. The van der Waals surface area contributed by atoms with Crippen molar-refractivity contribution in [3.63, 3.8) is 0 Å². The number of amides is 1. The smallest absolute Gasteiger partial charge is 0.306 e. The van der Waals surface area contributed by atoms with Gasteiger partial charge in [-0.3, -0.25) is 9.59 Å². The average molecular weight is 346 g/mol. The van der Waals surface area contributed by atoms with Crippen LogP contribution in [0, 0.1) is 5.92 Å². The maximum absolute atomic E-state index is 11.8. The Balaban J connectivity index is 1.74. The zero-order valence-corrected chi connectivity index (χ0v) is 13.4. The molecule has 0 unspecified atom stereocenters. The van der Waals surface area contributed by atoms with Crippen LogP contribution in [0.3, 0.4) is 0 Å². The number of halogens is 2. The normalized spacial score (nSPS) is 21.2. The highest BCUT2D eigenvalue weighted by molar-refractivity contribution is 6.42.